The third kappa shape index (κ3) is 5.83. The van der Waals surface area contributed by atoms with Crippen LogP contribution in [0.25, 0.3) is 33.7 Å². The molecule has 0 atom stereocenters. The van der Waals surface area contributed by atoms with Crippen LogP contribution < -0.4 is 4.72 Å². The zero-order valence-corrected chi connectivity index (χ0v) is 22.9. The Morgan fingerprint density at radius 3 is 2.34 bits per heavy atom. The van der Waals surface area contributed by atoms with E-state index < -0.39 is 19.9 Å². The Morgan fingerprint density at radius 1 is 0.868 bits per heavy atom. The first-order chi connectivity index (χ1) is 18.1. The summed E-state index contributed by atoms with van der Waals surface area (Å²) >= 11 is 1.49. The maximum absolute atomic E-state index is 11.9. The van der Waals surface area contributed by atoms with Gasteiger partial charge in [-0.1, -0.05) is 36.4 Å². The highest BCUT2D eigenvalue weighted by Gasteiger charge is 2.13. The van der Waals surface area contributed by atoms with Gasteiger partial charge in [-0.3, -0.25) is 9.71 Å². The fourth-order valence-electron chi connectivity index (χ4n) is 4.15. The predicted molar refractivity (Wildman–Crippen MR) is 154 cm³/mol. The molecule has 2 aromatic heterocycles. The molecule has 1 N–H and O–H groups in total. The van der Waals surface area contributed by atoms with Crippen LogP contribution in [0.15, 0.2) is 95.5 Å². The number of rotatable bonds is 7. The van der Waals surface area contributed by atoms with Crippen LogP contribution in [0.5, 0.6) is 0 Å². The number of pyridine rings is 1. The number of sulfonamides is 1. The summed E-state index contributed by atoms with van der Waals surface area (Å²) in [7, 11) is -6.77. The number of nitrogens with zero attached hydrogens (tertiary/aromatic N) is 2. The van der Waals surface area contributed by atoms with Crippen LogP contribution in [-0.2, 0) is 19.9 Å². The van der Waals surface area contributed by atoms with E-state index in [4.69, 9.17) is 0 Å². The first kappa shape index (κ1) is 25.8. The van der Waals surface area contributed by atoms with Crippen molar-refractivity contribution in [1.29, 1.82) is 0 Å². The van der Waals surface area contributed by atoms with Crippen LogP contribution in [-0.4, -0.2) is 39.3 Å². The average molecular weight is 562 g/mol. The van der Waals surface area contributed by atoms with Gasteiger partial charge < -0.3 is 0 Å². The number of fused-ring (bicyclic) bond motifs is 1. The molecule has 0 saturated carbocycles. The zero-order chi connectivity index (χ0) is 26.9. The van der Waals surface area contributed by atoms with Gasteiger partial charge in [0.1, 0.15) is 5.01 Å². The maximum atomic E-state index is 11.9. The second-order valence-corrected chi connectivity index (χ2v) is 13.4. The second kappa shape index (κ2) is 10.1. The summed E-state index contributed by atoms with van der Waals surface area (Å²) in [6.07, 6.45) is 7.75. The molecular formula is C28H23N3O4S3. The van der Waals surface area contributed by atoms with Gasteiger partial charge in [-0.15, -0.1) is 11.3 Å². The van der Waals surface area contributed by atoms with Crippen molar-refractivity contribution in [3.05, 3.63) is 107 Å². The third-order valence-electron chi connectivity index (χ3n) is 5.77. The molecule has 10 heteroatoms. The summed E-state index contributed by atoms with van der Waals surface area (Å²) in [4.78, 5) is 9.29. The smallest absolute Gasteiger partial charge is 0.229 e. The highest BCUT2D eigenvalue weighted by Crippen LogP contribution is 2.33. The number of benzene rings is 3. The number of thiazole rings is 1. The molecule has 2 heterocycles. The summed E-state index contributed by atoms with van der Waals surface area (Å²) < 4.78 is 50.3. The molecule has 5 rings (SSSR count). The number of anilines is 1. The Balaban J connectivity index is 1.63. The highest BCUT2D eigenvalue weighted by molar-refractivity contribution is 7.92. The molecule has 0 amide bonds. The summed E-state index contributed by atoms with van der Waals surface area (Å²) in [5.74, 6) is 0. The number of hydrogen-bond donors (Lipinski definition) is 1. The molecule has 0 bridgehead atoms. The van der Waals surface area contributed by atoms with Gasteiger partial charge >= 0.3 is 0 Å². The van der Waals surface area contributed by atoms with Crippen molar-refractivity contribution in [2.45, 2.75) is 4.90 Å². The number of sulfone groups is 1. The van der Waals surface area contributed by atoms with Gasteiger partial charge in [-0.2, -0.15) is 0 Å². The van der Waals surface area contributed by atoms with Crippen LogP contribution in [0, 0.1) is 0 Å². The van der Waals surface area contributed by atoms with Crippen molar-refractivity contribution in [3.63, 3.8) is 0 Å². The van der Waals surface area contributed by atoms with Crippen LogP contribution in [0.4, 0.5) is 5.69 Å². The van der Waals surface area contributed by atoms with E-state index in [9.17, 15) is 16.8 Å². The molecule has 0 fully saturated rings. The number of nitrogens with one attached hydrogen (secondary N) is 1. The minimum absolute atomic E-state index is 0.253. The summed E-state index contributed by atoms with van der Waals surface area (Å²) in [6.45, 7) is 0. The SMILES string of the molecule is CS(=O)(=O)Nc1cc(-c2cccc(/C=C(/c3ccc(S(C)(=O)=O)cc3)c3nccs3)c2)c2ncccc2c1. The number of hydrogen-bond acceptors (Lipinski definition) is 7. The molecule has 38 heavy (non-hydrogen) atoms. The Morgan fingerprint density at radius 2 is 1.66 bits per heavy atom. The molecule has 0 aliphatic heterocycles. The Labute approximate surface area is 225 Å². The lowest BCUT2D eigenvalue weighted by Crippen LogP contribution is -2.09. The van der Waals surface area contributed by atoms with Gasteiger partial charge in [0.15, 0.2) is 9.84 Å². The lowest BCUT2D eigenvalue weighted by atomic mass is 9.97. The van der Waals surface area contributed by atoms with Crippen molar-refractivity contribution < 1.29 is 16.8 Å². The van der Waals surface area contributed by atoms with E-state index in [2.05, 4.69) is 14.7 Å². The van der Waals surface area contributed by atoms with Gasteiger partial charge in [-0.25, -0.2) is 21.8 Å². The normalized spacial score (nSPS) is 12.5. The van der Waals surface area contributed by atoms with Crippen molar-refractivity contribution in [2.24, 2.45) is 0 Å². The largest absolute Gasteiger partial charge is 0.284 e. The van der Waals surface area contributed by atoms with E-state index in [1.54, 1.807) is 48.8 Å². The predicted octanol–water partition coefficient (Wildman–Crippen LogP) is 5.72. The van der Waals surface area contributed by atoms with Crippen molar-refractivity contribution in [1.82, 2.24) is 9.97 Å². The molecule has 0 saturated heterocycles. The van der Waals surface area contributed by atoms with Gasteiger partial charge in [0.2, 0.25) is 10.0 Å². The molecular weight excluding hydrogens is 539 g/mol. The van der Waals surface area contributed by atoms with Gasteiger partial charge in [-0.05, 0) is 59.2 Å². The Hall–Kier alpha value is -3.86. The van der Waals surface area contributed by atoms with E-state index >= 15 is 0 Å². The van der Waals surface area contributed by atoms with E-state index in [1.807, 2.05) is 47.9 Å². The minimum atomic E-state index is -3.46. The molecule has 0 aliphatic carbocycles. The molecule has 192 valence electrons. The molecule has 7 nitrogen and oxygen atoms in total. The molecule has 0 spiro atoms. The second-order valence-electron chi connectivity index (χ2n) is 8.79. The summed E-state index contributed by atoms with van der Waals surface area (Å²) in [5, 5.41) is 3.50. The van der Waals surface area contributed by atoms with Crippen LogP contribution >= 0.6 is 11.3 Å². The molecule has 5 aromatic rings. The van der Waals surface area contributed by atoms with Crippen LogP contribution in [0.3, 0.4) is 0 Å². The third-order valence-corrected chi connectivity index (χ3v) is 8.31. The summed E-state index contributed by atoms with van der Waals surface area (Å²) in [6, 6.07) is 21.9. The lowest BCUT2D eigenvalue weighted by Gasteiger charge is -2.12. The van der Waals surface area contributed by atoms with Crippen molar-refractivity contribution in [3.8, 4) is 11.1 Å². The first-order valence-electron chi connectivity index (χ1n) is 11.5. The Kier molecular flexibility index (Phi) is 6.87. The number of aromatic nitrogens is 2. The fourth-order valence-corrected chi connectivity index (χ4v) is 6.01. The van der Waals surface area contributed by atoms with Gasteiger partial charge in [0.05, 0.1) is 16.7 Å². The fraction of sp³-hybridized carbons (Fsp3) is 0.0714. The Bertz CT molecular complexity index is 1880. The highest BCUT2D eigenvalue weighted by atomic mass is 32.2. The van der Waals surface area contributed by atoms with E-state index in [1.165, 1.54) is 17.6 Å². The van der Waals surface area contributed by atoms with Crippen LogP contribution in [0.1, 0.15) is 16.1 Å². The van der Waals surface area contributed by atoms with E-state index in [0.717, 1.165) is 50.0 Å². The van der Waals surface area contributed by atoms with Gasteiger partial charge in [0.25, 0.3) is 0 Å². The maximum Gasteiger partial charge on any atom is 0.229 e. The standard InChI is InChI=1S/C28H23N3O4S3/c1-37(32,33)24-10-8-20(9-11-24)26(28-30-13-14-36-28)16-19-5-3-6-21(15-19)25-18-23(31-38(2,34)35)17-22-7-4-12-29-27(22)25/h3-18,31H,1-2H3/b26-16-. The first-order valence-corrected chi connectivity index (χ1v) is 16.1. The zero-order valence-electron chi connectivity index (χ0n) is 20.5. The summed E-state index contributed by atoms with van der Waals surface area (Å²) in [5.41, 5.74) is 5.45. The topological polar surface area (TPSA) is 106 Å². The molecule has 3 aromatic carbocycles. The molecule has 0 unspecified atom stereocenters. The average Bonchev–Trinajstić information content (AvgIpc) is 3.40. The van der Waals surface area contributed by atoms with E-state index in [0.29, 0.717) is 5.69 Å². The van der Waals surface area contributed by atoms with Crippen molar-refractivity contribution in [2.75, 3.05) is 17.2 Å². The molecule has 0 radical (unpaired) electrons. The monoisotopic (exact) mass is 561 g/mol. The minimum Gasteiger partial charge on any atom is -0.284 e. The molecule has 0 aliphatic rings. The van der Waals surface area contributed by atoms with Crippen molar-refractivity contribution >= 4 is 59.4 Å². The lowest BCUT2D eigenvalue weighted by molar-refractivity contribution is 0.601. The van der Waals surface area contributed by atoms with E-state index in [-0.39, 0.29) is 4.90 Å². The quantitative estimate of drug-likeness (QED) is 0.255. The van der Waals surface area contributed by atoms with Gasteiger partial charge in [0, 0.05) is 46.2 Å². The van der Waals surface area contributed by atoms with Crippen LogP contribution in [0.2, 0.25) is 0 Å².